The lowest BCUT2D eigenvalue weighted by Gasteiger charge is -2.61. The summed E-state index contributed by atoms with van der Waals surface area (Å²) >= 11 is 4.91. The van der Waals surface area contributed by atoms with Crippen LogP contribution in [0.15, 0.2) is 0 Å². The van der Waals surface area contributed by atoms with Crippen molar-refractivity contribution >= 4 is 12.6 Å². The lowest BCUT2D eigenvalue weighted by Crippen LogP contribution is -2.70. The fourth-order valence-electron chi connectivity index (χ4n) is 11.4. The first-order chi connectivity index (χ1) is 20.5. The molecule has 2 saturated carbocycles. The highest BCUT2D eigenvalue weighted by Crippen LogP contribution is 2.63. The summed E-state index contributed by atoms with van der Waals surface area (Å²) in [6.07, 6.45) is 9.69. The van der Waals surface area contributed by atoms with Crippen molar-refractivity contribution < 1.29 is 38.5 Å². The molecule has 10 fully saturated rings. The van der Waals surface area contributed by atoms with Crippen molar-refractivity contribution in [1.29, 1.82) is 0 Å². The second-order valence-electron chi connectivity index (χ2n) is 16.4. The van der Waals surface area contributed by atoms with Crippen LogP contribution in [0.2, 0.25) is 0 Å². The average Bonchev–Trinajstić information content (AvgIpc) is 3.35. The summed E-state index contributed by atoms with van der Waals surface area (Å²) < 4.78 is 27.2. The van der Waals surface area contributed by atoms with Gasteiger partial charge in [-0.1, -0.05) is 27.7 Å². The van der Waals surface area contributed by atoms with E-state index < -0.39 is 35.4 Å². The number of hydrogen-bond acceptors (Lipinski definition) is 9. The molecular weight excluding hydrogens is 568 g/mol. The van der Waals surface area contributed by atoms with E-state index in [4.69, 9.17) is 51.1 Å². The van der Waals surface area contributed by atoms with Gasteiger partial charge < -0.3 is 18.9 Å². The Morgan fingerprint density at radius 2 is 1.05 bits per heavy atom. The van der Waals surface area contributed by atoms with Crippen LogP contribution in [0.5, 0.6) is 0 Å². The van der Waals surface area contributed by atoms with E-state index in [1.54, 1.807) is 0 Å². The van der Waals surface area contributed by atoms with Gasteiger partial charge >= 0.3 is 0 Å². The van der Waals surface area contributed by atoms with Crippen LogP contribution in [0.1, 0.15) is 106 Å². The molecule has 0 aromatic carbocycles. The molecule has 8 nitrogen and oxygen atoms in total. The average molecular weight is 623 g/mol. The zero-order valence-corrected chi connectivity index (χ0v) is 27.9. The fraction of sp³-hybridized carbons (Fsp3) is 1.00. The van der Waals surface area contributed by atoms with Gasteiger partial charge in [-0.25, -0.2) is 19.6 Å². The summed E-state index contributed by atoms with van der Waals surface area (Å²) in [5.74, 6) is 2.91. The molecule has 43 heavy (non-hydrogen) atoms. The topological polar surface area (TPSA) is 73.8 Å². The second kappa shape index (κ2) is 10.5. The molecular formula is C34H54O8S. The third-order valence-electron chi connectivity index (χ3n) is 14.0. The Hall–Kier alpha value is 0.0300. The summed E-state index contributed by atoms with van der Waals surface area (Å²) in [5.41, 5.74) is -1.03. The lowest BCUT2D eigenvalue weighted by molar-refractivity contribution is -0.571. The van der Waals surface area contributed by atoms with Gasteiger partial charge in [-0.2, -0.15) is 12.6 Å². The molecule has 8 aliphatic heterocycles. The SMILES string of the molecule is C[C@H]1[C@@H](CC(CS)C[C@H]2O[C@@H]3O[C@]4(C)CC[C@H]5[C@H](C)CC[C@@H]([C@H]2C)[C@@]35OO4)O[C@@H]2O[C@]3(C)CC[C@H]4[C@H](C)CC[C@@H]1[C@@]24OO3. The van der Waals surface area contributed by atoms with E-state index in [1.165, 1.54) is 12.8 Å². The van der Waals surface area contributed by atoms with Crippen molar-refractivity contribution in [3.05, 3.63) is 0 Å². The van der Waals surface area contributed by atoms with E-state index in [0.717, 1.165) is 57.1 Å². The van der Waals surface area contributed by atoms with Gasteiger partial charge in [-0.05, 0) is 112 Å². The van der Waals surface area contributed by atoms with Gasteiger partial charge in [0, 0.05) is 24.7 Å². The smallest absolute Gasteiger partial charge is 0.201 e. The van der Waals surface area contributed by atoms with Gasteiger partial charge in [0.15, 0.2) is 23.8 Å². The first-order valence-electron chi connectivity index (χ1n) is 17.5. The van der Waals surface area contributed by atoms with Gasteiger partial charge in [-0.3, -0.25) is 0 Å². The molecule has 0 aromatic heterocycles. The van der Waals surface area contributed by atoms with Crippen LogP contribution in [0.3, 0.4) is 0 Å². The molecule has 4 bridgehead atoms. The number of thiol groups is 1. The highest BCUT2D eigenvalue weighted by Gasteiger charge is 2.71. The Labute approximate surface area is 263 Å². The number of fused-ring (bicyclic) bond motifs is 4. The van der Waals surface area contributed by atoms with Crippen LogP contribution < -0.4 is 0 Å². The van der Waals surface area contributed by atoms with Crippen LogP contribution in [0.4, 0.5) is 0 Å². The van der Waals surface area contributed by atoms with Crippen molar-refractivity contribution in [2.45, 2.75) is 153 Å². The molecule has 16 atom stereocenters. The third kappa shape index (κ3) is 4.38. The minimum absolute atomic E-state index is 0.0734. The minimum Gasteiger partial charge on any atom is -0.346 e. The van der Waals surface area contributed by atoms with Crippen molar-refractivity contribution in [3.63, 3.8) is 0 Å². The molecule has 10 aliphatic rings. The van der Waals surface area contributed by atoms with E-state index in [1.807, 2.05) is 13.8 Å². The highest BCUT2D eigenvalue weighted by molar-refractivity contribution is 7.80. The van der Waals surface area contributed by atoms with Gasteiger partial charge in [0.2, 0.25) is 11.6 Å². The highest BCUT2D eigenvalue weighted by atomic mass is 32.1. The molecule has 0 unspecified atom stereocenters. The molecule has 2 aliphatic carbocycles. The van der Waals surface area contributed by atoms with Crippen molar-refractivity contribution in [2.24, 2.45) is 53.3 Å². The predicted molar refractivity (Wildman–Crippen MR) is 160 cm³/mol. The van der Waals surface area contributed by atoms with E-state index in [0.29, 0.717) is 53.3 Å². The van der Waals surface area contributed by atoms with Crippen LogP contribution in [-0.4, -0.2) is 53.3 Å². The number of rotatable bonds is 5. The van der Waals surface area contributed by atoms with Crippen LogP contribution in [0.25, 0.3) is 0 Å². The molecule has 8 saturated heterocycles. The molecule has 0 amide bonds. The van der Waals surface area contributed by atoms with Gasteiger partial charge in [-0.15, -0.1) is 0 Å². The monoisotopic (exact) mass is 622 g/mol. The third-order valence-corrected chi connectivity index (χ3v) is 14.5. The maximum absolute atomic E-state index is 6.97. The standard InChI is InChI=1S/C34H54O8S/c1-18-7-9-25-20(3)27(35-29-33(25)23(18)11-13-31(5,37-29)39-41-33)15-22(17-43)16-28-21(4)26-10-8-19(2)24-12-14-32(6)38-30(36-28)34(24,26)42-40-32/h18-30,43H,7-17H2,1-6H3/t18-,19-,20-,21-,23+,24+,25+,26+,27-,28-,29-,30-,31+,32+,33-,34-/m1/s1. The van der Waals surface area contributed by atoms with Crippen LogP contribution >= 0.6 is 12.6 Å². The van der Waals surface area contributed by atoms with E-state index >= 15 is 0 Å². The van der Waals surface area contributed by atoms with Gasteiger partial charge in [0.05, 0.1) is 12.2 Å². The lowest BCUT2D eigenvalue weighted by atomic mass is 9.56. The first kappa shape index (κ1) is 30.4. The molecule has 8 heterocycles. The summed E-state index contributed by atoms with van der Waals surface area (Å²) in [6.45, 7) is 13.5. The Morgan fingerprint density at radius 1 is 0.605 bits per heavy atom. The number of ether oxygens (including phenoxy) is 4. The Kier molecular flexibility index (Phi) is 7.43. The van der Waals surface area contributed by atoms with Gasteiger partial charge in [0.25, 0.3) is 0 Å². The second-order valence-corrected chi connectivity index (χ2v) is 16.8. The summed E-state index contributed by atoms with van der Waals surface area (Å²) in [4.78, 5) is 24.9. The zero-order valence-electron chi connectivity index (χ0n) is 27.0. The minimum atomic E-state index is -0.747. The molecule has 10 rings (SSSR count). The maximum Gasteiger partial charge on any atom is 0.201 e. The maximum atomic E-state index is 6.97. The Balaban J connectivity index is 1.02. The molecule has 244 valence electrons. The van der Waals surface area contributed by atoms with Crippen LogP contribution in [-0.2, 0) is 38.5 Å². The Morgan fingerprint density at radius 3 is 1.47 bits per heavy atom. The van der Waals surface area contributed by atoms with Crippen molar-refractivity contribution in [1.82, 2.24) is 0 Å². The fourth-order valence-corrected chi connectivity index (χ4v) is 11.7. The Bertz CT molecular complexity index is 999. The molecule has 0 aromatic rings. The van der Waals surface area contributed by atoms with E-state index in [9.17, 15) is 0 Å². The van der Waals surface area contributed by atoms with Gasteiger partial charge in [0.1, 0.15) is 0 Å². The molecule has 0 N–H and O–H groups in total. The van der Waals surface area contributed by atoms with E-state index in [2.05, 4.69) is 27.7 Å². The zero-order chi connectivity index (χ0) is 29.9. The molecule has 0 radical (unpaired) electrons. The summed E-state index contributed by atoms with van der Waals surface area (Å²) in [5, 5.41) is 0. The largest absolute Gasteiger partial charge is 0.346 e. The predicted octanol–water partition coefficient (Wildman–Crippen LogP) is 6.81. The van der Waals surface area contributed by atoms with Crippen molar-refractivity contribution in [3.8, 4) is 0 Å². The summed E-state index contributed by atoms with van der Waals surface area (Å²) in [6, 6.07) is 0. The normalized spacial score (nSPS) is 59.5. The molecule has 9 heteroatoms. The van der Waals surface area contributed by atoms with Crippen LogP contribution in [0, 0.1) is 53.3 Å². The van der Waals surface area contributed by atoms with E-state index in [-0.39, 0.29) is 12.2 Å². The first-order valence-corrected chi connectivity index (χ1v) is 18.2. The van der Waals surface area contributed by atoms with Crippen molar-refractivity contribution in [2.75, 3.05) is 5.75 Å². The summed E-state index contributed by atoms with van der Waals surface area (Å²) in [7, 11) is 0. The molecule has 2 spiro atoms. The quantitative estimate of drug-likeness (QED) is 0.265. The number of hydrogen-bond donors (Lipinski definition) is 1.